The second-order valence-corrected chi connectivity index (χ2v) is 8.74. The van der Waals surface area contributed by atoms with Gasteiger partial charge in [-0.05, 0) is 56.0 Å². The Morgan fingerprint density at radius 1 is 1.14 bits per heavy atom. The highest BCUT2D eigenvalue weighted by Crippen LogP contribution is 2.28. The number of hydrogen-bond acceptors (Lipinski definition) is 9. The molecule has 0 bridgehead atoms. The van der Waals surface area contributed by atoms with E-state index in [1.807, 2.05) is 0 Å². The van der Waals surface area contributed by atoms with Crippen molar-refractivity contribution in [1.29, 1.82) is 0 Å². The third-order valence-electron chi connectivity index (χ3n) is 6.19. The Morgan fingerprint density at radius 2 is 1.94 bits per heavy atom. The molecule has 12 heteroatoms. The number of benzene rings is 1. The van der Waals surface area contributed by atoms with Gasteiger partial charge in [0.15, 0.2) is 5.82 Å². The Hall–Kier alpha value is -3.86. The first-order valence-electron chi connectivity index (χ1n) is 11.6. The highest BCUT2D eigenvalue weighted by molar-refractivity contribution is 5.88. The molecule has 2 amide bonds. The fourth-order valence-electron chi connectivity index (χ4n) is 4.43. The van der Waals surface area contributed by atoms with Crippen LogP contribution < -0.4 is 10.6 Å². The molecular formula is C24H26ClN7O4. The second-order valence-electron chi connectivity index (χ2n) is 8.74. The van der Waals surface area contributed by atoms with Crippen LogP contribution in [-0.2, 0) is 16.0 Å². The van der Waals surface area contributed by atoms with Crippen molar-refractivity contribution < 1.29 is 19.2 Å². The molecule has 3 aliphatic rings. The van der Waals surface area contributed by atoms with Crippen molar-refractivity contribution in [2.24, 2.45) is 21.1 Å². The van der Waals surface area contributed by atoms with Gasteiger partial charge in [-0.25, -0.2) is 0 Å². The van der Waals surface area contributed by atoms with Crippen LogP contribution in [0.5, 0.6) is 5.75 Å². The number of dihydropyridines is 1. The lowest BCUT2D eigenvalue weighted by molar-refractivity contribution is -0.122. The van der Waals surface area contributed by atoms with E-state index < -0.39 is 5.92 Å². The number of aryl methyl sites for hydroxylation is 1. The SMILES string of the molecule is Cl.O=C(CCc1nc(-c2ccc(O)cc2)no1)NC1CCCC(NC2=C3N=CC=CC3C(=O)N=N2)C1. The van der Waals surface area contributed by atoms with E-state index in [1.165, 1.54) is 0 Å². The molecule has 3 N–H and O–H groups in total. The number of nitrogens with zero attached hydrogens (tertiary/aromatic N) is 5. The largest absolute Gasteiger partial charge is 0.508 e. The van der Waals surface area contributed by atoms with Crippen LogP contribution in [-0.4, -0.2) is 45.4 Å². The van der Waals surface area contributed by atoms with Gasteiger partial charge in [-0.1, -0.05) is 11.2 Å². The van der Waals surface area contributed by atoms with E-state index in [4.69, 9.17) is 4.52 Å². The normalized spacial score (nSPS) is 22.7. The molecule has 0 radical (unpaired) electrons. The summed E-state index contributed by atoms with van der Waals surface area (Å²) < 4.78 is 5.26. The first-order chi connectivity index (χ1) is 17.0. The molecule has 1 saturated carbocycles. The van der Waals surface area contributed by atoms with Crippen molar-refractivity contribution in [1.82, 2.24) is 20.8 Å². The van der Waals surface area contributed by atoms with Crippen molar-refractivity contribution in [2.75, 3.05) is 0 Å². The van der Waals surface area contributed by atoms with Crippen LogP contribution in [0.3, 0.4) is 0 Å². The molecule has 188 valence electrons. The smallest absolute Gasteiger partial charge is 0.277 e. The van der Waals surface area contributed by atoms with Crippen molar-refractivity contribution >= 4 is 30.4 Å². The van der Waals surface area contributed by atoms with Gasteiger partial charge in [0.1, 0.15) is 17.4 Å². The maximum Gasteiger partial charge on any atom is 0.277 e. The summed E-state index contributed by atoms with van der Waals surface area (Å²) in [4.78, 5) is 33.2. The molecule has 0 spiro atoms. The molecule has 2 aromatic rings. The Morgan fingerprint density at radius 3 is 2.78 bits per heavy atom. The number of hydrogen-bond donors (Lipinski definition) is 3. The molecule has 0 saturated heterocycles. The molecule has 5 rings (SSSR count). The molecule has 11 nitrogen and oxygen atoms in total. The first-order valence-corrected chi connectivity index (χ1v) is 11.6. The quantitative estimate of drug-likeness (QED) is 0.515. The lowest BCUT2D eigenvalue weighted by Gasteiger charge is -2.32. The fraction of sp³-hybridized carbons (Fsp3) is 0.375. The number of phenolic OH excluding ortho intramolecular Hbond substituents is 1. The minimum Gasteiger partial charge on any atom is -0.508 e. The molecule has 1 aliphatic carbocycles. The van der Waals surface area contributed by atoms with Gasteiger partial charge in [-0.3, -0.25) is 14.6 Å². The summed E-state index contributed by atoms with van der Waals surface area (Å²) in [5, 5.41) is 27.6. The zero-order chi connectivity index (χ0) is 24.2. The van der Waals surface area contributed by atoms with Crippen molar-refractivity contribution in [3.63, 3.8) is 0 Å². The number of azo groups is 1. The van der Waals surface area contributed by atoms with Gasteiger partial charge in [0.05, 0.1) is 0 Å². The van der Waals surface area contributed by atoms with E-state index in [1.54, 1.807) is 42.6 Å². The monoisotopic (exact) mass is 511 g/mol. The molecule has 1 aromatic carbocycles. The number of aliphatic imine (C=N–C) groups is 1. The number of fused-ring (bicyclic) bond motifs is 1. The molecule has 36 heavy (non-hydrogen) atoms. The molecule has 1 fully saturated rings. The zero-order valence-electron chi connectivity index (χ0n) is 19.3. The van der Waals surface area contributed by atoms with Crippen molar-refractivity contribution in [2.45, 2.75) is 50.6 Å². The third kappa shape index (κ3) is 5.85. The number of allylic oxidation sites excluding steroid dienone is 1. The van der Waals surface area contributed by atoms with Crippen LogP contribution in [0.4, 0.5) is 0 Å². The number of aromatic hydroxyl groups is 1. The number of phenols is 1. The standard InChI is InChI=1S/C24H25N7O4.ClH/c32-17-8-6-14(7-9-17)22-28-20(35-31-22)11-10-19(33)26-15-3-1-4-16(13-15)27-23-21-18(5-2-12-25-21)24(34)30-29-23;/h2,5-9,12,15-16,18,27,32H,1,3-4,10-11,13H2,(H,26,33);1H. The predicted octanol–water partition coefficient (Wildman–Crippen LogP) is 3.23. The van der Waals surface area contributed by atoms with E-state index in [2.05, 4.69) is 36.0 Å². The summed E-state index contributed by atoms with van der Waals surface area (Å²) in [6.45, 7) is 0. The van der Waals surface area contributed by atoms with Gasteiger partial charge in [-0.15, -0.1) is 22.6 Å². The van der Waals surface area contributed by atoms with Crippen LogP contribution in [0.25, 0.3) is 11.4 Å². The van der Waals surface area contributed by atoms with Crippen molar-refractivity contribution in [3.8, 4) is 17.1 Å². The fourth-order valence-corrected chi connectivity index (χ4v) is 4.43. The van der Waals surface area contributed by atoms with E-state index in [9.17, 15) is 14.7 Å². The molecular weight excluding hydrogens is 486 g/mol. The zero-order valence-corrected chi connectivity index (χ0v) is 20.1. The Bertz CT molecular complexity index is 1240. The van der Waals surface area contributed by atoms with Gasteiger partial charge >= 0.3 is 0 Å². The van der Waals surface area contributed by atoms with Crippen LogP contribution in [0, 0.1) is 5.92 Å². The number of aromatic nitrogens is 2. The Balaban J connectivity index is 0.00000304. The van der Waals surface area contributed by atoms with Crippen LogP contribution in [0.2, 0.25) is 0 Å². The van der Waals surface area contributed by atoms with Crippen LogP contribution in [0.15, 0.2) is 67.7 Å². The van der Waals surface area contributed by atoms with Crippen molar-refractivity contribution in [3.05, 3.63) is 53.8 Å². The number of nitrogens with one attached hydrogen (secondary N) is 2. The Kier molecular flexibility index (Phi) is 7.89. The summed E-state index contributed by atoms with van der Waals surface area (Å²) in [7, 11) is 0. The maximum atomic E-state index is 12.6. The second kappa shape index (κ2) is 11.3. The number of rotatable bonds is 7. The first kappa shape index (κ1) is 25.2. The number of carbonyl (C=O) groups is 2. The summed E-state index contributed by atoms with van der Waals surface area (Å²) in [5.74, 6) is 0.600. The molecule has 3 unspecified atom stereocenters. The average Bonchev–Trinajstić information content (AvgIpc) is 3.35. The maximum absolute atomic E-state index is 12.6. The third-order valence-corrected chi connectivity index (χ3v) is 6.19. The van der Waals surface area contributed by atoms with Gasteiger partial charge in [-0.2, -0.15) is 4.98 Å². The summed E-state index contributed by atoms with van der Waals surface area (Å²) in [6, 6.07) is 6.63. The highest BCUT2D eigenvalue weighted by Gasteiger charge is 2.31. The topological polar surface area (TPSA) is 154 Å². The van der Waals surface area contributed by atoms with E-state index in [0.717, 1.165) is 31.2 Å². The van der Waals surface area contributed by atoms with E-state index >= 15 is 0 Å². The number of amides is 2. The molecule has 1 aromatic heterocycles. The molecule has 3 atom stereocenters. The van der Waals surface area contributed by atoms with Crippen LogP contribution in [0.1, 0.15) is 38.0 Å². The Labute approximate surface area is 213 Å². The lowest BCUT2D eigenvalue weighted by Crippen LogP contribution is -2.44. The van der Waals surface area contributed by atoms with E-state index in [-0.39, 0.29) is 48.5 Å². The lowest BCUT2D eigenvalue weighted by atomic mass is 9.90. The van der Waals surface area contributed by atoms with Gasteiger partial charge < -0.3 is 20.3 Å². The predicted molar refractivity (Wildman–Crippen MR) is 132 cm³/mol. The summed E-state index contributed by atoms with van der Waals surface area (Å²) in [5.41, 5.74) is 1.31. The van der Waals surface area contributed by atoms with Crippen LogP contribution >= 0.6 is 12.4 Å². The summed E-state index contributed by atoms with van der Waals surface area (Å²) in [6.07, 6.45) is 9.23. The van der Waals surface area contributed by atoms with Gasteiger partial charge in [0.2, 0.25) is 17.6 Å². The van der Waals surface area contributed by atoms with Gasteiger partial charge in [0, 0.05) is 36.7 Å². The number of halogens is 1. The van der Waals surface area contributed by atoms with Gasteiger partial charge in [0.25, 0.3) is 5.91 Å². The average molecular weight is 512 g/mol. The molecule has 3 heterocycles. The minimum absolute atomic E-state index is 0. The number of carbonyl (C=O) groups excluding carboxylic acids is 2. The minimum atomic E-state index is -0.488. The molecule has 2 aliphatic heterocycles. The summed E-state index contributed by atoms with van der Waals surface area (Å²) >= 11 is 0. The highest BCUT2D eigenvalue weighted by atomic mass is 35.5. The van der Waals surface area contributed by atoms with E-state index in [0.29, 0.717) is 29.7 Å².